The molecule has 238 valence electrons. The molecule has 0 amide bonds. The lowest BCUT2D eigenvalue weighted by Gasteiger charge is -2.36. The summed E-state index contributed by atoms with van der Waals surface area (Å²) in [4.78, 5) is 10.0. The molecule has 0 saturated heterocycles. The number of benzene rings is 1. The number of hydrogen-bond acceptors (Lipinski definition) is 7. The quantitative estimate of drug-likeness (QED) is 0.131. The topological polar surface area (TPSA) is 106 Å². The molecule has 4 heterocycles. The lowest BCUT2D eigenvalue weighted by Crippen LogP contribution is -2.48. The van der Waals surface area contributed by atoms with Crippen LogP contribution in [0.1, 0.15) is 66.8 Å². The molecule has 1 N–H and O–H groups in total. The van der Waals surface area contributed by atoms with Crippen molar-refractivity contribution < 1.29 is 8.98 Å². The summed E-state index contributed by atoms with van der Waals surface area (Å²) < 4.78 is 26.0. The Morgan fingerprint density at radius 1 is 0.911 bits per heavy atom. The summed E-state index contributed by atoms with van der Waals surface area (Å²) in [5, 5.41) is 10.4. The van der Waals surface area contributed by atoms with Crippen LogP contribution in [0.4, 0.5) is 0 Å². The van der Waals surface area contributed by atoms with E-state index in [-0.39, 0.29) is 5.04 Å². The lowest BCUT2D eigenvalue weighted by molar-refractivity contribution is 0.272. The molecule has 0 bridgehead atoms. The summed E-state index contributed by atoms with van der Waals surface area (Å²) in [6, 6.07) is 18.0. The summed E-state index contributed by atoms with van der Waals surface area (Å²) in [5.74, 6) is 0.710. The molecule has 45 heavy (non-hydrogen) atoms. The second-order valence-electron chi connectivity index (χ2n) is 14.5. The molecular formula is C34H45N7O2SSi. The molecule has 0 saturated carbocycles. The minimum Gasteiger partial charge on any atom is -0.598 e. The van der Waals surface area contributed by atoms with Gasteiger partial charge in [-0.1, -0.05) is 32.9 Å². The number of pyridine rings is 2. The van der Waals surface area contributed by atoms with E-state index >= 15 is 0 Å². The van der Waals surface area contributed by atoms with Crippen LogP contribution in [0.2, 0.25) is 18.1 Å². The smallest absolute Gasteiger partial charge is 0.192 e. The highest BCUT2D eigenvalue weighted by atomic mass is 32.2. The third-order valence-electron chi connectivity index (χ3n) is 8.40. The summed E-state index contributed by atoms with van der Waals surface area (Å²) in [7, 11) is -1.94. The molecule has 0 fully saturated rings. The molecule has 0 aliphatic heterocycles. The molecule has 1 aromatic carbocycles. The Hall–Kier alpha value is -3.35. The van der Waals surface area contributed by atoms with Gasteiger partial charge in [0.2, 0.25) is 0 Å². The maximum atomic E-state index is 13.0. The maximum Gasteiger partial charge on any atom is 0.192 e. The zero-order chi connectivity index (χ0) is 32.8. The van der Waals surface area contributed by atoms with Crippen molar-refractivity contribution in [3.05, 3.63) is 84.6 Å². The van der Waals surface area contributed by atoms with Gasteiger partial charge in [0.25, 0.3) is 0 Å². The fraction of sp³-hybridized carbons (Fsp3) is 0.412. The minimum atomic E-state index is -1.94. The van der Waals surface area contributed by atoms with Gasteiger partial charge < -0.3 is 8.98 Å². The van der Waals surface area contributed by atoms with E-state index in [1.807, 2.05) is 98.8 Å². The zero-order valence-corrected chi connectivity index (χ0v) is 29.9. The van der Waals surface area contributed by atoms with Crippen molar-refractivity contribution in [2.45, 2.75) is 90.4 Å². The highest BCUT2D eigenvalue weighted by Crippen LogP contribution is 2.37. The molecule has 0 aliphatic carbocycles. The Labute approximate surface area is 270 Å². The summed E-state index contributed by atoms with van der Waals surface area (Å²) in [6.07, 6.45) is 5.54. The number of aromatic nitrogens is 6. The first kappa shape index (κ1) is 33.0. The normalized spacial score (nSPS) is 13.8. The van der Waals surface area contributed by atoms with Gasteiger partial charge >= 0.3 is 0 Å². The van der Waals surface area contributed by atoms with Crippen molar-refractivity contribution in [1.82, 2.24) is 34.3 Å². The first-order chi connectivity index (χ1) is 21.0. The number of nitrogens with one attached hydrogen (secondary N) is 1. The van der Waals surface area contributed by atoms with Gasteiger partial charge in [0.1, 0.15) is 4.75 Å². The van der Waals surface area contributed by atoms with Gasteiger partial charge in [-0.3, -0.25) is 4.98 Å². The van der Waals surface area contributed by atoms with Crippen molar-refractivity contribution in [3.8, 4) is 22.8 Å². The van der Waals surface area contributed by atoms with Crippen molar-refractivity contribution in [3.63, 3.8) is 0 Å². The van der Waals surface area contributed by atoms with Gasteiger partial charge in [-0.05, 0) is 95.2 Å². The highest BCUT2D eigenvalue weighted by molar-refractivity contribution is 7.90. The van der Waals surface area contributed by atoms with Gasteiger partial charge in [-0.25, -0.2) is 14.3 Å². The van der Waals surface area contributed by atoms with Crippen LogP contribution in [0.15, 0.2) is 73.2 Å². The Morgan fingerprint density at radius 2 is 1.64 bits per heavy atom. The van der Waals surface area contributed by atoms with E-state index in [0.29, 0.717) is 12.4 Å². The lowest BCUT2D eigenvalue weighted by atomic mass is 10.00. The second kappa shape index (κ2) is 12.1. The van der Waals surface area contributed by atoms with Crippen molar-refractivity contribution in [1.29, 1.82) is 0 Å². The Kier molecular flexibility index (Phi) is 8.88. The summed E-state index contributed by atoms with van der Waals surface area (Å²) in [5.41, 5.74) is 4.49. The molecular weight excluding hydrogens is 599 g/mol. The van der Waals surface area contributed by atoms with Gasteiger partial charge in [-0.15, -0.1) is 4.72 Å². The van der Waals surface area contributed by atoms with Gasteiger partial charge in [-0.2, -0.15) is 10.2 Å². The van der Waals surface area contributed by atoms with Crippen molar-refractivity contribution >= 4 is 30.6 Å². The average molecular weight is 644 g/mol. The zero-order valence-electron chi connectivity index (χ0n) is 28.0. The average Bonchev–Trinajstić information content (AvgIpc) is 3.65. The number of nitrogens with zero attached hydrogens (tertiary/aromatic N) is 6. The Balaban J connectivity index is 1.57. The van der Waals surface area contributed by atoms with Gasteiger partial charge in [0, 0.05) is 34.7 Å². The van der Waals surface area contributed by atoms with Crippen LogP contribution in [-0.2, 0) is 27.9 Å². The maximum absolute atomic E-state index is 13.0. The first-order valence-electron chi connectivity index (χ1n) is 15.3. The van der Waals surface area contributed by atoms with Crippen LogP contribution in [0, 0.1) is 0 Å². The molecule has 5 rings (SSSR count). The van der Waals surface area contributed by atoms with E-state index in [0.717, 1.165) is 39.2 Å². The Morgan fingerprint density at radius 3 is 2.31 bits per heavy atom. The third kappa shape index (κ3) is 7.07. The van der Waals surface area contributed by atoms with Crippen molar-refractivity contribution in [2.24, 2.45) is 0 Å². The number of fused-ring (bicyclic) bond motifs is 1. The van der Waals surface area contributed by atoms with Crippen LogP contribution in [-0.4, -0.2) is 47.1 Å². The van der Waals surface area contributed by atoms with Gasteiger partial charge in [0.05, 0.1) is 46.6 Å². The van der Waals surface area contributed by atoms with E-state index in [9.17, 15) is 4.55 Å². The Bertz CT molecular complexity index is 1790. The fourth-order valence-corrected chi connectivity index (χ4v) is 6.37. The fourth-order valence-electron chi connectivity index (χ4n) is 4.56. The molecule has 9 nitrogen and oxygen atoms in total. The SMILES string of the molecule is CC(C)(N[S@+]([O-])C(C)(C)C)c1cccc(-c2cc(-n3cccn3)c3cnn(-c4cccc(CO[Si](C)(C)C(C)(C)C)n4)c3c2)n1. The van der Waals surface area contributed by atoms with Gasteiger partial charge in [0.15, 0.2) is 14.1 Å². The van der Waals surface area contributed by atoms with E-state index in [1.54, 1.807) is 6.20 Å². The molecule has 4 aromatic heterocycles. The molecule has 1 atom stereocenters. The van der Waals surface area contributed by atoms with Crippen LogP contribution in [0.3, 0.4) is 0 Å². The number of hydrogen-bond donors (Lipinski definition) is 1. The third-order valence-corrected chi connectivity index (χ3v) is 14.7. The monoisotopic (exact) mass is 643 g/mol. The molecule has 11 heteroatoms. The predicted octanol–water partition coefficient (Wildman–Crippen LogP) is 7.48. The van der Waals surface area contributed by atoms with E-state index < -0.39 is 30.0 Å². The van der Waals surface area contributed by atoms with E-state index in [1.165, 1.54) is 0 Å². The predicted molar refractivity (Wildman–Crippen MR) is 185 cm³/mol. The molecule has 0 unspecified atom stereocenters. The van der Waals surface area contributed by atoms with Crippen molar-refractivity contribution in [2.75, 3.05) is 0 Å². The minimum absolute atomic E-state index is 0.113. The highest BCUT2D eigenvalue weighted by Gasteiger charge is 2.37. The molecule has 0 aliphatic rings. The van der Waals surface area contributed by atoms with Crippen LogP contribution >= 0.6 is 0 Å². The molecule has 5 aromatic rings. The standard InChI is InChI=1S/C34H45N7O2SSi/c1-32(2,3)44(42)39-34(7,8)30-16-12-15-27(38-30)24-20-28(40-19-13-18-35-40)26-22-36-41(29(26)21-24)31-17-11-14-25(37-31)23-43-45(9,10)33(4,5)6/h11-22,39H,23H2,1-10H3/t44-/m1/s1. The molecule has 0 spiro atoms. The van der Waals surface area contributed by atoms with Crippen LogP contribution < -0.4 is 4.72 Å². The summed E-state index contributed by atoms with van der Waals surface area (Å²) in [6.45, 7) is 21.5. The van der Waals surface area contributed by atoms with E-state index in [4.69, 9.17) is 19.5 Å². The number of rotatable bonds is 9. The first-order valence-corrected chi connectivity index (χ1v) is 19.3. The van der Waals surface area contributed by atoms with E-state index in [2.05, 4.69) is 55.8 Å². The van der Waals surface area contributed by atoms with Crippen LogP contribution in [0.25, 0.3) is 33.7 Å². The molecule has 0 radical (unpaired) electrons. The summed E-state index contributed by atoms with van der Waals surface area (Å²) >= 11 is -1.26. The van der Waals surface area contributed by atoms with Crippen LogP contribution in [0.5, 0.6) is 0 Å². The second-order valence-corrected chi connectivity index (χ2v) is 21.3. The largest absolute Gasteiger partial charge is 0.598 e.